The van der Waals surface area contributed by atoms with E-state index in [0.717, 1.165) is 11.3 Å². The maximum Gasteiger partial charge on any atom is 0.170 e. The van der Waals surface area contributed by atoms with Gasteiger partial charge in [-0.2, -0.15) is 0 Å². The first-order valence-corrected chi connectivity index (χ1v) is 6.31. The minimum Gasteiger partial charge on any atom is -0.494 e. The molecule has 0 amide bonds. The summed E-state index contributed by atoms with van der Waals surface area (Å²) in [4.78, 5) is 0. The maximum atomic E-state index is 14.0. The van der Waals surface area contributed by atoms with E-state index in [1.165, 1.54) is 7.11 Å². The van der Waals surface area contributed by atoms with Crippen LogP contribution in [-0.2, 0) is 6.54 Å². The molecule has 0 aliphatic rings. The highest BCUT2D eigenvalue weighted by Crippen LogP contribution is 2.25. The molecule has 4 heteroatoms. The Bertz CT molecular complexity index is 586. The van der Waals surface area contributed by atoms with Crippen LogP contribution in [0.4, 0.5) is 10.1 Å². The highest BCUT2D eigenvalue weighted by atomic mass is 35.5. The summed E-state index contributed by atoms with van der Waals surface area (Å²) in [5, 5.41) is 3.75. The highest BCUT2D eigenvalue weighted by Gasteiger charge is 2.08. The van der Waals surface area contributed by atoms with Gasteiger partial charge in [-0.25, -0.2) is 4.39 Å². The van der Waals surface area contributed by atoms with Gasteiger partial charge in [0.1, 0.15) is 0 Å². The van der Waals surface area contributed by atoms with Crippen molar-refractivity contribution in [3.8, 4) is 5.75 Å². The van der Waals surface area contributed by atoms with Crippen LogP contribution in [0.15, 0.2) is 36.4 Å². The minimum absolute atomic E-state index is 0.245. The molecule has 2 aromatic rings. The number of hydrogen-bond donors (Lipinski definition) is 1. The first-order valence-electron chi connectivity index (χ1n) is 5.93. The molecule has 0 saturated heterocycles. The fraction of sp³-hybridized carbons (Fsp3) is 0.200. The monoisotopic (exact) mass is 279 g/mol. The minimum atomic E-state index is -0.346. The third-order valence-electron chi connectivity index (χ3n) is 2.85. The van der Waals surface area contributed by atoms with Gasteiger partial charge in [0.2, 0.25) is 0 Å². The lowest BCUT2D eigenvalue weighted by molar-refractivity contribution is 0.384. The van der Waals surface area contributed by atoms with Crippen LogP contribution >= 0.6 is 11.6 Å². The first-order chi connectivity index (χ1) is 9.11. The lowest BCUT2D eigenvalue weighted by atomic mass is 10.1. The Morgan fingerprint density at radius 2 is 2.05 bits per heavy atom. The van der Waals surface area contributed by atoms with Gasteiger partial charge in [-0.15, -0.1) is 0 Å². The molecule has 2 rings (SSSR count). The van der Waals surface area contributed by atoms with Crippen molar-refractivity contribution < 1.29 is 9.13 Å². The summed E-state index contributed by atoms with van der Waals surface area (Å²) < 4.78 is 18.9. The zero-order chi connectivity index (χ0) is 13.8. The van der Waals surface area contributed by atoms with Crippen molar-refractivity contribution in [2.75, 3.05) is 12.4 Å². The van der Waals surface area contributed by atoms with E-state index in [1.54, 1.807) is 18.2 Å². The second-order valence-electron chi connectivity index (χ2n) is 4.27. The first kappa shape index (κ1) is 13.7. The Balaban J connectivity index is 2.17. The van der Waals surface area contributed by atoms with Crippen LogP contribution in [0.3, 0.4) is 0 Å². The standard InChI is InChI=1S/C15H15ClFNO/c1-10-6-7-12(16)13(8-10)18-9-11-4-3-5-14(19-2)15(11)17/h3-8,18H,9H2,1-2H3. The van der Waals surface area contributed by atoms with Gasteiger partial charge in [0.25, 0.3) is 0 Å². The number of methoxy groups -OCH3 is 1. The molecule has 19 heavy (non-hydrogen) atoms. The van der Waals surface area contributed by atoms with Gasteiger partial charge >= 0.3 is 0 Å². The largest absolute Gasteiger partial charge is 0.494 e. The molecule has 0 fully saturated rings. The fourth-order valence-electron chi connectivity index (χ4n) is 1.82. The lowest BCUT2D eigenvalue weighted by Crippen LogP contribution is -2.03. The van der Waals surface area contributed by atoms with E-state index in [0.29, 0.717) is 17.1 Å². The molecule has 0 heterocycles. The van der Waals surface area contributed by atoms with Crippen molar-refractivity contribution in [1.29, 1.82) is 0 Å². The molecule has 0 aliphatic heterocycles. The topological polar surface area (TPSA) is 21.3 Å². The van der Waals surface area contributed by atoms with Crippen molar-refractivity contribution in [1.82, 2.24) is 0 Å². The van der Waals surface area contributed by atoms with Gasteiger partial charge in [-0.1, -0.05) is 29.8 Å². The SMILES string of the molecule is COc1cccc(CNc2cc(C)ccc2Cl)c1F. The summed E-state index contributed by atoms with van der Waals surface area (Å²) >= 11 is 6.08. The Labute approximate surface area is 117 Å². The van der Waals surface area contributed by atoms with E-state index in [-0.39, 0.29) is 11.6 Å². The molecule has 0 aromatic heterocycles. The van der Waals surface area contributed by atoms with Crippen molar-refractivity contribution in [2.24, 2.45) is 0 Å². The summed E-state index contributed by atoms with van der Waals surface area (Å²) in [7, 11) is 1.45. The molecule has 0 saturated carbocycles. The number of ether oxygens (including phenoxy) is 1. The third-order valence-corrected chi connectivity index (χ3v) is 3.18. The second kappa shape index (κ2) is 5.93. The van der Waals surface area contributed by atoms with E-state index in [9.17, 15) is 4.39 Å². The third kappa shape index (κ3) is 3.18. The number of nitrogens with one attached hydrogen (secondary N) is 1. The second-order valence-corrected chi connectivity index (χ2v) is 4.68. The average molecular weight is 280 g/mol. The summed E-state index contributed by atoms with van der Waals surface area (Å²) in [5.74, 6) is -0.101. The Hall–Kier alpha value is -1.74. The smallest absolute Gasteiger partial charge is 0.170 e. The van der Waals surface area contributed by atoms with Crippen molar-refractivity contribution >= 4 is 17.3 Å². The molecule has 0 aliphatic carbocycles. The number of aryl methyl sites for hydroxylation is 1. The van der Waals surface area contributed by atoms with E-state index in [4.69, 9.17) is 16.3 Å². The number of hydrogen-bond acceptors (Lipinski definition) is 2. The molecule has 100 valence electrons. The van der Waals surface area contributed by atoms with Gasteiger partial charge in [-0.3, -0.25) is 0 Å². The molecular weight excluding hydrogens is 265 g/mol. The molecule has 0 bridgehead atoms. The van der Waals surface area contributed by atoms with Crippen LogP contribution in [0.25, 0.3) is 0 Å². The summed E-state index contributed by atoms with van der Waals surface area (Å²) in [5.41, 5.74) is 2.43. The number of anilines is 1. The van der Waals surface area contributed by atoms with Crippen LogP contribution in [0, 0.1) is 12.7 Å². The molecule has 2 aromatic carbocycles. The molecule has 0 radical (unpaired) electrons. The molecule has 0 unspecified atom stereocenters. The number of benzene rings is 2. The van der Waals surface area contributed by atoms with Crippen LogP contribution in [0.1, 0.15) is 11.1 Å². The van der Waals surface area contributed by atoms with Gasteiger partial charge in [-0.05, 0) is 30.7 Å². The van der Waals surface area contributed by atoms with Crippen LogP contribution in [0.5, 0.6) is 5.75 Å². The molecular formula is C15H15ClFNO. The summed E-state index contributed by atoms with van der Waals surface area (Å²) in [6.07, 6.45) is 0. The van der Waals surface area contributed by atoms with Crippen LogP contribution < -0.4 is 10.1 Å². The van der Waals surface area contributed by atoms with Gasteiger partial charge < -0.3 is 10.1 Å². The summed E-state index contributed by atoms with van der Waals surface area (Å²) in [6.45, 7) is 2.33. The molecule has 2 nitrogen and oxygen atoms in total. The fourth-order valence-corrected chi connectivity index (χ4v) is 2.00. The highest BCUT2D eigenvalue weighted by molar-refractivity contribution is 6.33. The number of rotatable bonds is 4. The predicted molar refractivity (Wildman–Crippen MR) is 76.5 cm³/mol. The lowest BCUT2D eigenvalue weighted by Gasteiger charge is -2.11. The predicted octanol–water partition coefficient (Wildman–Crippen LogP) is 4.41. The number of halogens is 2. The van der Waals surface area contributed by atoms with Gasteiger partial charge in [0.15, 0.2) is 11.6 Å². The molecule has 1 N–H and O–H groups in total. The maximum absolute atomic E-state index is 14.0. The van der Waals surface area contributed by atoms with E-state index in [2.05, 4.69) is 5.32 Å². The van der Waals surface area contributed by atoms with Crippen LogP contribution in [0.2, 0.25) is 5.02 Å². The average Bonchev–Trinajstić information content (AvgIpc) is 2.41. The van der Waals surface area contributed by atoms with E-state index in [1.807, 2.05) is 25.1 Å². The van der Waals surface area contributed by atoms with Gasteiger partial charge in [0.05, 0.1) is 17.8 Å². The van der Waals surface area contributed by atoms with Crippen molar-refractivity contribution in [3.05, 3.63) is 58.4 Å². The summed E-state index contributed by atoms with van der Waals surface area (Å²) in [6, 6.07) is 10.8. The Morgan fingerprint density at radius 1 is 1.26 bits per heavy atom. The molecule has 0 atom stereocenters. The molecule has 0 spiro atoms. The van der Waals surface area contributed by atoms with Crippen molar-refractivity contribution in [3.63, 3.8) is 0 Å². The van der Waals surface area contributed by atoms with E-state index >= 15 is 0 Å². The Kier molecular flexibility index (Phi) is 4.27. The van der Waals surface area contributed by atoms with E-state index < -0.39 is 0 Å². The van der Waals surface area contributed by atoms with Crippen molar-refractivity contribution in [2.45, 2.75) is 13.5 Å². The zero-order valence-electron chi connectivity index (χ0n) is 10.8. The van der Waals surface area contributed by atoms with Gasteiger partial charge in [0, 0.05) is 12.1 Å². The quantitative estimate of drug-likeness (QED) is 0.895. The zero-order valence-corrected chi connectivity index (χ0v) is 11.6. The normalized spacial score (nSPS) is 10.3. The van der Waals surface area contributed by atoms with Crippen LogP contribution in [-0.4, -0.2) is 7.11 Å². The Morgan fingerprint density at radius 3 is 2.79 bits per heavy atom.